The number of hydrogen-bond acceptors (Lipinski definition) is 5. The average Bonchev–Trinajstić information content (AvgIpc) is 3.10. The Hall–Kier alpha value is -1.99. The van der Waals surface area contributed by atoms with Crippen molar-refractivity contribution in [2.24, 2.45) is 0 Å². The molecule has 0 radical (unpaired) electrons. The van der Waals surface area contributed by atoms with Gasteiger partial charge >= 0.3 is 0 Å². The molecule has 7 nitrogen and oxygen atoms in total. The summed E-state index contributed by atoms with van der Waals surface area (Å²) in [5, 5.41) is 8.32. The Labute approximate surface area is 153 Å². The summed E-state index contributed by atoms with van der Waals surface area (Å²) in [6.07, 6.45) is 2.20. The van der Waals surface area contributed by atoms with E-state index in [4.69, 9.17) is 4.74 Å². The van der Waals surface area contributed by atoms with Crippen LogP contribution in [0.3, 0.4) is 0 Å². The highest BCUT2D eigenvalue weighted by molar-refractivity contribution is 5.97. The molecule has 0 saturated carbocycles. The molecule has 3 heterocycles. The second kappa shape index (κ2) is 7.32. The fraction of sp³-hybridized carbons (Fsp3) is 0.632. The van der Waals surface area contributed by atoms with Crippen molar-refractivity contribution in [1.29, 1.82) is 0 Å². The minimum atomic E-state index is 0.0945. The van der Waals surface area contributed by atoms with Crippen LogP contribution in [0, 0.1) is 0 Å². The van der Waals surface area contributed by atoms with Crippen LogP contribution >= 0.6 is 0 Å². The van der Waals surface area contributed by atoms with Gasteiger partial charge in [0.2, 0.25) is 0 Å². The number of aryl methyl sites for hydroxylation is 1. The molecule has 1 amide bonds. The van der Waals surface area contributed by atoms with E-state index in [1.54, 1.807) is 0 Å². The van der Waals surface area contributed by atoms with E-state index in [1.807, 2.05) is 34.7 Å². The number of fused-ring (bicyclic) bond motifs is 1. The van der Waals surface area contributed by atoms with E-state index < -0.39 is 0 Å². The topological polar surface area (TPSA) is 63.5 Å². The molecule has 1 aromatic carbocycles. The Balaban J connectivity index is 1.46. The first kappa shape index (κ1) is 17.4. The van der Waals surface area contributed by atoms with Crippen LogP contribution in [0.25, 0.3) is 11.0 Å². The lowest BCUT2D eigenvalue weighted by atomic mass is 10.0. The third-order valence-electron chi connectivity index (χ3n) is 5.69. The second-order valence-corrected chi connectivity index (χ2v) is 7.29. The predicted octanol–water partition coefficient (Wildman–Crippen LogP) is 1.78. The SMILES string of the molecule is CCn1nnc2cc(C(=O)N3CCN(C4CCOCC4)C[C@H]3C)ccc21. The van der Waals surface area contributed by atoms with E-state index in [1.165, 1.54) is 0 Å². The lowest BCUT2D eigenvalue weighted by molar-refractivity contribution is 0.000717. The Kier molecular flexibility index (Phi) is 4.91. The van der Waals surface area contributed by atoms with Crippen molar-refractivity contribution < 1.29 is 9.53 Å². The van der Waals surface area contributed by atoms with Crippen LogP contribution in [-0.2, 0) is 11.3 Å². The molecule has 0 N–H and O–H groups in total. The zero-order chi connectivity index (χ0) is 18.1. The molecule has 1 aromatic heterocycles. The summed E-state index contributed by atoms with van der Waals surface area (Å²) in [6, 6.07) is 6.53. The van der Waals surface area contributed by atoms with Crippen LogP contribution in [0.5, 0.6) is 0 Å². The number of rotatable bonds is 3. The van der Waals surface area contributed by atoms with Crippen LogP contribution in [0.4, 0.5) is 0 Å². The van der Waals surface area contributed by atoms with Gasteiger partial charge in [0.15, 0.2) is 0 Å². The highest BCUT2D eigenvalue weighted by Gasteiger charge is 2.32. The van der Waals surface area contributed by atoms with Crippen LogP contribution < -0.4 is 0 Å². The maximum Gasteiger partial charge on any atom is 0.254 e. The fourth-order valence-corrected chi connectivity index (χ4v) is 4.17. The van der Waals surface area contributed by atoms with Gasteiger partial charge in [0.05, 0.1) is 5.52 Å². The Morgan fingerprint density at radius 2 is 2.08 bits per heavy atom. The van der Waals surface area contributed by atoms with Crippen molar-refractivity contribution in [2.45, 2.75) is 45.3 Å². The molecule has 7 heteroatoms. The van der Waals surface area contributed by atoms with Gasteiger partial charge in [0.1, 0.15) is 5.52 Å². The first-order chi connectivity index (χ1) is 12.7. The minimum absolute atomic E-state index is 0.0945. The van der Waals surface area contributed by atoms with E-state index in [-0.39, 0.29) is 11.9 Å². The normalized spacial score (nSPS) is 22.8. The van der Waals surface area contributed by atoms with Gasteiger partial charge in [0.25, 0.3) is 5.91 Å². The predicted molar refractivity (Wildman–Crippen MR) is 99.1 cm³/mol. The molecule has 26 heavy (non-hydrogen) atoms. The monoisotopic (exact) mass is 357 g/mol. The number of benzene rings is 1. The maximum atomic E-state index is 13.0. The van der Waals surface area contributed by atoms with Gasteiger partial charge in [-0.3, -0.25) is 9.69 Å². The van der Waals surface area contributed by atoms with Gasteiger partial charge in [-0.1, -0.05) is 5.21 Å². The van der Waals surface area contributed by atoms with Gasteiger partial charge in [-0.2, -0.15) is 0 Å². The molecule has 2 saturated heterocycles. The first-order valence-corrected chi connectivity index (χ1v) is 9.63. The van der Waals surface area contributed by atoms with Gasteiger partial charge in [0, 0.05) is 57.0 Å². The van der Waals surface area contributed by atoms with Gasteiger partial charge in [-0.25, -0.2) is 4.68 Å². The van der Waals surface area contributed by atoms with Gasteiger partial charge in [-0.15, -0.1) is 5.10 Å². The van der Waals surface area contributed by atoms with Crippen molar-refractivity contribution in [3.8, 4) is 0 Å². The molecular formula is C19H27N5O2. The highest BCUT2D eigenvalue weighted by Crippen LogP contribution is 2.22. The smallest absolute Gasteiger partial charge is 0.254 e. The molecule has 1 atom stereocenters. The molecule has 0 aliphatic carbocycles. The molecular weight excluding hydrogens is 330 g/mol. The Bertz CT molecular complexity index is 783. The lowest BCUT2D eigenvalue weighted by Crippen LogP contribution is -2.57. The standard InChI is InChI=1S/C19H27N5O2/c1-3-24-18-5-4-15(12-17(18)20-21-24)19(25)23-9-8-22(13-14(23)2)16-6-10-26-11-7-16/h4-5,12,14,16H,3,6-11,13H2,1-2H3/t14-/m1/s1. The highest BCUT2D eigenvalue weighted by atomic mass is 16.5. The van der Waals surface area contributed by atoms with Crippen molar-refractivity contribution in [1.82, 2.24) is 24.8 Å². The zero-order valence-electron chi connectivity index (χ0n) is 15.6. The lowest BCUT2D eigenvalue weighted by Gasteiger charge is -2.44. The number of ether oxygens (including phenoxy) is 1. The van der Waals surface area contributed by atoms with Crippen molar-refractivity contribution >= 4 is 16.9 Å². The van der Waals surface area contributed by atoms with Crippen LogP contribution in [0.15, 0.2) is 18.2 Å². The average molecular weight is 357 g/mol. The van der Waals surface area contributed by atoms with Gasteiger partial charge in [-0.05, 0) is 44.9 Å². The quantitative estimate of drug-likeness (QED) is 0.838. The van der Waals surface area contributed by atoms with E-state index in [0.29, 0.717) is 11.6 Å². The third kappa shape index (κ3) is 3.21. The second-order valence-electron chi connectivity index (χ2n) is 7.29. The summed E-state index contributed by atoms with van der Waals surface area (Å²) in [6.45, 7) is 9.32. The van der Waals surface area contributed by atoms with Crippen LogP contribution in [0.1, 0.15) is 37.0 Å². The van der Waals surface area contributed by atoms with Gasteiger partial charge < -0.3 is 9.64 Å². The molecule has 0 unspecified atom stereocenters. The van der Waals surface area contributed by atoms with Crippen molar-refractivity contribution in [2.75, 3.05) is 32.8 Å². The summed E-state index contributed by atoms with van der Waals surface area (Å²) in [5.41, 5.74) is 2.46. The van der Waals surface area contributed by atoms with E-state index in [9.17, 15) is 4.79 Å². The number of nitrogens with zero attached hydrogens (tertiary/aromatic N) is 5. The number of carbonyl (C=O) groups is 1. The summed E-state index contributed by atoms with van der Waals surface area (Å²) in [7, 11) is 0. The van der Waals surface area contributed by atoms with Crippen LogP contribution in [-0.4, -0.2) is 75.6 Å². The molecule has 0 spiro atoms. The summed E-state index contributed by atoms with van der Waals surface area (Å²) in [5.74, 6) is 0.0945. The fourth-order valence-electron chi connectivity index (χ4n) is 4.17. The third-order valence-corrected chi connectivity index (χ3v) is 5.69. The first-order valence-electron chi connectivity index (χ1n) is 9.63. The zero-order valence-corrected chi connectivity index (χ0v) is 15.6. The van der Waals surface area contributed by atoms with Crippen LogP contribution in [0.2, 0.25) is 0 Å². The maximum absolute atomic E-state index is 13.0. The van der Waals surface area contributed by atoms with E-state index >= 15 is 0 Å². The summed E-state index contributed by atoms with van der Waals surface area (Å²) >= 11 is 0. The number of aromatic nitrogens is 3. The Morgan fingerprint density at radius 3 is 2.81 bits per heavy atom. The summed E-state index contributed by atoms with van der Waals surface area (Å²) in [4.78, 5) is 17.6. The largest absolute Gasteiger partial charge is 0.381 e. The van der Waals surface area contributed by atoms with E-state index in [0.717, 1.165) is 63.3 Å². The molecule has 2 aliphatic heterocycles. The van der Waals surface area contributed by atoms with Crippen molar-refractivity contribution in [3.05, 3.63) is 23.8 Å². The molecule has 2 aliphatic rings. The number of piperazine rings is 1. The molecule has 4 rings (SSSR count). The molecule has 2 aromatic rings. The molecule has 0 bridgehead atoms. The minimum Gasteiger partial charge on any atom is -0.381 e. The van der Waals surface area contributed by atoms with E-state index in [2.05, 4.69) is 22.1 Å². The molecule has 2 fully saturated rings. The Morgan fingerprint density at radius 1 is 1.27 bits per heavy atom. The molecule has 140 valence electrons. The number of hydrogen-bond donors (Lipinski definition) is 0. The number of carbonyl (C=O) groups excluding carboxylic acids is 1. The summed E-state index contributed by atoms with van der Waals surface area (Å²) < 4.78 is 7.32. The number of amides is 1. The van der Waals surface area contributed by atoms with Crippen molar-refractivity contribution in [3.63, 3.8) is 0 Å².